The van der Waals surface area contributed by atoms with Gasteiger partial charge in [-0.25, -0.2) is 0 Å². The summed E-state index contributed by atoms with van der Waals surface area (Å²) in [5, 5.41) is 9.28. The number of allylic oxidation sites excluding steroid dienone is 1. The van der Waals surface area contributed by atoms with Crippen LogP contribution in [0, 0.1) is 6.92 Å². The van der Waals surface area contributed by atoms with E-state index < -0.39 is 5.79 Å². The van der Waals surface area contributed by atoms with Gasteiger partial charge >= 0.3 is 0 Å². The molecule has 0 fully saturated rings. The fourth-order valence-corrected chi connectivity index (χ4v) is 4.08. The third kappa shape index (κ3) is 3.69. The topological polar surface area (TPSA) is 94.0 Å². The molecule has 0 bridgehead atoms. The van der Waals surface area contributed by atoms with Gasteiger partial charge in [0.1, 0.15) is 5.82 Å². The molecule has 6 N–H and O–H groups in total. The quantitative estimate of drug-likeness (QED) is 0.342. The summed E-state index contributed by atoms with van der Waals surface area (Å²) in [4.78, 5) is 11.2. The van der Waals surface area contributed by atoms with Gasteiger partial charge in [0.05, 0.1) is 0 Å². The fraction of sp³-hybridized carbons (Fsp3) is 0.208. The number of rotatable bonds is 6. The van der Waals surface area contributed by atoms with Gasteiger partial charge in [0, 0.05) is 47.5 Å². The normalized spacial score (nSPS) is 18.5. The van der Waals surface area contributed by atoms with E-state index in [9.17, 15) is 0 Å². The van der Waals surface area contributed by atoms with Crippen LogP contribution in [-0.2, 0) is 13.0 Å². The third-order valence-electron chi connectivity index (χ3n) is 5.65. The van der Waals surface area contributed by atoms with Crippen molar-refractivity contribution in [3.05, 3.63) is 83.4 Å². The molecule has 4 aromatic rings. The summed E-state index contributed by atoms with van der Waals surface area (Å²) in [6.07, 6.45) is 7.30. The molecule has 6 heteroatoms. The van der Waals surface area contributed by atoms with Crippen LogP contribution in [0.25, 0.3) is 21.8 Å². The minimum atomic E-state index is -0.822. The number of aryl methyl sites for hydroxylation is 2. The number of aromatic nitrogens is 2. The van der Waals surface area contributed by atoms with Crippen LogP contribution in [0.2, 0.25) is 0 Å². The summed E-state index contributed by atoms with van der Waals surface area (Å²) in [5.74, 6) is 0.0636. The largest absolute Gasteiger partial charge is 0.368 e. The van der Waals surface area contributed by atoms with Crippen molar-refractivity contribution in [3.8, 4) is 0 Å². The van der Waals surface area contributed by atoms with E-state index in [2.05, 4.69) is 81.2 Å². The summed E-state index contributed by atoms with van der Waals surface area (Å²) < 4.78 is 0. The molecule has 0 amide bonds. The van der Waals surface area contributed by atoms with E-state index in [4.69, 9.17) is 5.73 Å². The molecule has 1 aliphatic heterocycles. The lowest BCUT2D eigenvalue weighted by Crippen LogP contribution is -2.55. The first-order chi connectivity index (χ1) is 14.6. The maximum atomic E-state index is 6.55. The fourth-order valence-electron chi connectivity index (χ4n) is 4.08. The first-order valence-corrected chi connectivity index (χ1v) is 10.3. The summed E-state index contributed by atoms with van der Waals surface area (Å²) in [7, 11) is 0. The lowest BCUT2D eigenvalue weighted by Gasteiger charge is -2.31. The monoisotopic (exact) mass is 398 g/mol. The van der Waals surface area contributed by atoms with Gasteiger partial charge in [0.15, 0.2) is 5.79 Å². The van der Waals surface area contributed by atoms with Crippen molar-refractivity contribution in [1.82, 2.24) is 20.6 Å². The zero-order chi connectivity index (χ0) is 20.6. The predicted molar refractivity (Wildman–Crippen MR) is 123 cm³/mol. The van der Waals surface area contributed by atoms with Gasteiger partial charge in [-0.1, -0.05) is 24.3 Å². The zero-order valence-corrected chi connectivity index (χ0v) is 17.0. The minimum absolute atomic E-state index is 0.693. The number of nitrogens with zero attached hydrogens (tertiary/aromatic N) is 1. The van der Waals surface area contributed by atoms with E-state index in [1.807, 2.05) is 12.1 Å². The van der Waals surface area contributed by atoms with E-state index in [0.717, 1.165) is 23.3 Å². The number of para-hydroxylation sites is 1. The standard InChI is InChI=1S/C24H26N6/c1-16-12-19-13-17(6-7-21(19)29-16)14-27-23-9-11-28-24(25,30-23)10-8-18-15-26-22-5-3-2-4-20(18)22/h2-7,9,11-13,15,26-27,29-30H,8,10,14,25H2,1H3. The highest BCUT2D eigenvalue weighted by atomic mass is 15.3. The Morgan fingerprint density at radius 1 is 1.10 bits per heavy atom. The van der Waals surface area contributed by atoms with Crippen molar-refractivity contribution < 1.29 is 0 Å². The first-order valence-electron chi connectivity index (χ1n) is 10.3. The number of fused-ring (bicyclic) bond motifs is 2. The van der Waals surface area contributed by atoms with Crippen LogP contribution in [0.4, 0.5) is 0 Å². The van der Waals surface area contributed by atoms with Crippen molar-refractivity contribution in [2.75, 3.05) is 0 Å². The van der Waals surface area contributed by atoms with Crippen LogP contribution in [0.15, 0.2) is 71.6 Å². The third-order valence-corrected chi connectivity index (χ3v) is 5.65. The average molecular weight is 399 g/mol. The molecule has 0 saturated carbocycles. The molecule has 0 spiro atoms. The molecule has 152 valence electrons. The molecule has 1 unspecified atom stereocenters. The Balaban J connectivity index is 1.22. The summed E-state index contributed by atoms with van der Waals surface area (Å²) in [5.41, 5.74) is 12.5. The Hall–Kier alpha value is -3.51. The molecular formula is C24H26N6. The molecule has 2 aromatic carbocycles. The second-order valence-electron chi connectivity index (χ2n) is 7.99. The second-order valence-corrected chi connectivity index (χ2v) is 7.99. The smallest absolute Gasteiger partial charge is 0.183 e. The Labute approximate surface area is 175 Å². The van der Waals surface area contributed by atoms with Gasteiger partial charge in [-0.2, -0.15) is 0 Å². The number of H-pyrrole nitrogens is 2. The molecule has 0 saturated heterocycles. The number of aliphatic imine (C=N–C) groups is 1. The van der Waals surface area contributed by atoms with E-state index in [1.54, 1.807) is 6.21 Å². The maximum absolute atomic E-state index is 6.55. The van der Waals surface area contributed by atoms with Crippen LogP contribution in [0.3, 0.4) is 0 Å². The van der Waals surface area contributed by atoms with Gasteiger partial charge in [-0.15, -0.1) is 0 Å². The van der Waals surface area contributed by atoms with Crippen molar-refractivity contribution in [3.63, 3.8) is 0 Å². The molecule has 1 atom stereocenters. The van der Waals surface area contributed by atoms with Gasteiger partial charge in [-0.3, -0.25) is 10.7 Å². The zero-order valence-electron chi connectivity index (χ0n) is 17.0. The van der Waals surface area contributed by atoms with E-state index >= 15 is 0 Å². The average Bonchev–Trinajstić information content (AvgIpc) is 3.33. The molecule has 0 aliphatic carbocycles. The van der Waals surface area contributed by atoms with Gasteiger partial charge in [0.25, 0.3) is 0 Å². The number of hydrogen-bond donors (Lipinski definition) is 5. The van der Waals surface area contributed by atoms with Crippen LogP contribution >= 0.6 is 0 Å². The number of nitrogens with two attached hydrogens (primary N) is 1. The van der Waals surface area contributed by atoms with Crippen molar-refractivity contribution >= 4 is 28.0 Å². The molecule has 30 heavy (non-hydrogen) atoms. The SMILES string of the molecule is Cc1cc2cc(CNC3=CC=NC(N)(CCc4c[nH]c5ccccc45)N3)ccc2[nH]1. The van der Waals surface area contributed by atoms with Gasteiger partial charge < -0.3 is 20.6 Å². The Bertz CT molecular complexity index is 1260. The molecule has 2 aromatic heterocycles. The maximum Gasteiger partial charge on any atom is 0.183 e. The summed E-state index contributed by atoms with van der Waals surface area (Å²) >= 11 is 0. The van der Waals surface area contributed by atoms with Gasteiger partial charge in [-0.05, 0) is 60.2 Å². The van der Waals surface area contributed by atoms with E-state index in [-0.39, 0.29) is 0 Å². The lowest BCUT2D eigenvalue weighted by molar-refractivity contribution is 0.343. The molecule has 5 rings (SSSR count). The molecule has 0 radical (unpaired) electrons. The molecule has 3 heterocycles. The summed E-state index contributed by atoms with van der Waals surface area (Å²) in [6.45, 7) is 2.79. The second kappa shape index (κ2) is 7.39. The predicted octanol–water partition coefficient (Wildman–Crippen LogP) is 3.81. The number of hydrogen-bond acceptors (Lipinski definition) is 4. The van der Waals surface area contributed by atoms with Crippen LogP contribution in [0.1, 0.15) is 23.2 Å². The number of aromatic amines is 2. The highest BCUT2D eigenvalue weighted by Crippen LogP contribution is 2.22. The Kier molecular flexibility index (Phi) is 4.56. The van der Waals surface area contributed by atoms with Crippen molar-refractivity contribution in [2.45, 2.75) is 32.1 Å². The molecule has 6 nitrogen and oxygen atoms in total. The highest BCUT2D eigenvalue weighted by molar-refractivity contribution is 5.83. The van der Waals surface area contributed by atoms with Crippen molar-refractivity contribution in [1.29, 1.82) is 0 Å². The summed E-state index contributed by atoms with van der Waals surface area (Å²) in [6, 6.07) is 17.0. The van der Waals surface area contributed by atoms with Crippen molar-refractivity contribution in [2.24, 2.45) is 10.7 Å². The van der Waals surface area contributed by atoms with E-state index in [1.165, 1.54) is 27.6 Å². The lowest BCUT2D eigenvalue weighted by atomic mass is 10.0. The molecule has 1 aliphatic rings. The highest BCUT2D eigenvalue weighted by Gasteiger charge is 2.26. The molecular weight excluding hydrogens is 372 g/mol. The number of benzene rings is 2. The van der Waals surface area contributed by atoms with Gasteiger partial charge in [0.2, 0.25) is 0 Å². The van der Waals surface area contributed by atoms with Crippen LogP contribution in [0.5, 0.6) is 0 Å². The van der Waals surface area contributed by atoms with Crippen LogP contribution in [-0.4, -0.2) is 22.0 Å². The Morgan fingerprint density at radius 2 is 2.00 bits per heavy atom. The number of nitrogens with one attached hydrogen (secondary N) is 4. The minimum Gasteiger partial charge on any atom is -0.368 e. The van der Waals surface area contributed by atoms with Crippen LogP contribution < -0.4 is 16.4 Å². The first kappa shape index (κ1) is 18.5. The van der Waals surface area contributed by atoms with E-state index in [0.29, 0.717) is 13.0 Å². The Morgan fingerprint density at radius 3 is 2.93 bits per heavy atom.